The smallest absolute Gasteiger partial charge is 0.228 e. The lowest BCUT2D eigenvalue weighted by Crippen LogP contribution is -2.44. The van der Waals surface area contributed by atoms with Crippen molar-refractivity contribution in [2.75, 3.05) is 52.9 Å². The van der Waals surface area contributed by atoms with Gasteiger partial charge in [0.2, 0.25) is 16.6 Å². The molecule has 0 fully saturated rings. The Morgan fingerprint density at radius 2 is 1.28 bits per heavy atom. The maximum Gasteiger partial charge on any atom is 0.228 e. The zero-order valence-electron chi connectivity index (χ0n) is 22.7. The summed E-state index contributed by atoms with van der Waals surface area (Å²) in [6.45, 7) is 2.06. The highest BCUT2D eigenvalue weighted by Gasteiger charge is 2.32. The van der Waals surface area contributed by atoms with E-state index in [0.717, 1.165) is 15.8 Å². The van der Waals surface area contributed by atoms with Crippen molar-refractivity contribution in [2.45, 2.75) is 6.92 Å². The topological polar surface area (TPSA) is 99.1 Å². The van der Waals surface area contributed by atoms with Gasteiger partial charge in [-0.3, -0.25) is 5.43 Å². The van der Waals surface area contributed by atoms with Crippen molar-refractivity contribution in [3.05, 3.63) is 53.6 Å². The van der Waals surface area contributed by atoms with Gasteiger partial charge in [-0.1, -0.05) is 17.4 Å². The van der Waals surface area contributed by atoms with Crippen molar-refractivity contribution < 1.29 is 28.4 Å². The largest absolute Gasteiger partial charge is 0.493 e. The van der Waals surface area contributed by atoms with Crippen LogP contribution in [0.2, 0.25) is 0 Å². The number of amidine groups is 1. The summed E-state index contributed by atoms with van der Waals surface area (Å²) >= 11 is 1.53. The van der Waals surface area contributed by atoms with Crippen molar-refractivity contribution >= 4 is 38.2 Å². The first-order chi connectivity index (χ1) is 18.9. The fourth-order valence-electron chi connectivity index (χ4n) is 4.24. The lowest BCUT2D eigenvalue weighted by atomic mass is 10.1. The van der Waals surface area contributed by atoms with Crippen LogP contribution in [0.4, 0.5) is 10.8 Å². The molecular weight excluding hydrogens is 522 g/mol. The van der Waals surface area contributed by atoms with E-state index in [2.05, 4.69) is 18.4 Å². The second kappa shape index (κ2) is 10.7. The van der Waals surface area contributed by atoms with Gasteiger partial charge >= 0.3 is 0 Å². The number of nitrogens with zero attached hydrogens (tertiary/aromatic N) is 4. The summed E-state index contributed by atoms with van der Waals surface area (Å²) in [6, 6.07) is 13.4. The van der Waals surface area contributed by atoms with E-state index in [4.69, 9.17) is 38.5 Å². The summed E-state index contributed by atoms with van der Waals surface area (Å²) in [6.07, 6.45) is 0. The Kier molecular flexibility index (Phi) is 7.11. The van der Waals surface area contributed by atoms with Crippen molar-refractivity contribution in [3.63, 3.8) is 0 Å². The molecule has 3 aromatic carbocycles. The molecule has 0 bridgehead atoms. The number of fused-ring (bicyclic) bond motifs is 1. The highest BCUT2D eigenvalue weighted by atomic mass is 32.1. The molecule has 0 atom stereocenters. The van der Waals surface area contributed by atoms with Crippen molar-refractivity contribution in [3.8, 4) is 34.5 Å². The van der Waals surface area contributed by atoms with Crippen LogP contribution in [0, 0.1) is 6.92 Å². The molecule has 39 heavy (non-hydrogen) atoms. The molecule has 1 aromatic heterocycles. The average Bonchev–Trinajstić information content (AvgIpc) is 3.59. The standard InChI is InChI=1S/C27H29N5O6S/c1-15-8-9-18-23(10-15)39-27(28-18)32-30-26(16-11-19(33-2)24(37-6)20(12-16)34-3)29-31(32)17-13-21(35-4)25(38-7)22(14-17)36-5/h8-14H,1-7H3,(H,29,30). The Hall–Kier alpha value is -4.58. The molecule has 4 aromatic rings. The van der Waals surface area contributed by atoms with Gasteiger partial charge in [0.15, 0.2) is 28.8 Å². The summed E-state index contributed by atoms with van der Waals surface area (Å²) in [7, 11) is 9.41. The predicted molar refractivity (Wildman–Crippen MR) is 151 cm³/mol. The number of hydrazone groups is 1. The van der Waals surface area contributed by atoms with Gasteiger partial charge in [-0.15, -0.1) is 15.3 Å². The van der Waals surface area contributed by atoms with Gasteiger partial charge in [0, 0.05) is 17.7 Å². The van der Waals surface area contributed by atoms with Crippen LogP contribution in [-0.2, 0) is 0 Å². The van der Waals surface area contributed by atoms with Crippen LogP contribution in [0.25, 0.3) is 10.2 Å². The lowest BCUT2D eigenvalue weighted by Gasteiger charge is -2.26. The maximum absolute atomic E-state index is 5.60. The molecule has 0 amide bonds. The van der Waals surface area contributed by atoms with Crippen molar-refractivity contribution in [2.24, 2.45) is 5.10 Å². The van der Waals surface area contributed by atoms with Gasteiger partial charge in [0.05, 0.1) is 58.6 Å². The molecule has 204 valence electrons. The van der Waals surface area contributed by atoms with E-state index in [1.54, 1.807) is 52.9 Å². The van der Waals surface area contributed by atoms with Crippen molar-refractivity contribution in [1.29, 1.82) is 0 Å². The van der Waals surface area contributed by atoms with E-state index in [1.807, 2.05) is 36.4 Å². The molecule has 0 saturated carbocycles. The van der Waals surface area contributed by atoms with E-state index in [-0.39, 0.29) is 0 Å². The Balaban J connectivity index is 1.67. The van der Waals surface area contributed by atoms with E-state index < -0.39 is 0 Å². The Morgan fingerprint density at radius 3 is 1.82 bits per heavy atom. The van der Waals surface area contributed by atoms with Crippen LogP contribution in [-0.4, -0.2) is 53.5 Å². The van der Waals surface area contributed by atoms with Gasteiger partial charge < -0.3 is 28.4 Å². The van der Waals surface area contributed by atoms with Gasteiger partial charge in [0.25, 0.3) is 0 Å². The maximum atomic E-state index is 5.60. The fraction of sp³-hybridized carbons (Fsp3) is 0.259. The fourth-order valence-corrected chi connectivity index (χ4v) is 5.26. The molecule has 0 radical (unpaired) electrons. The Labute approximate surface area is 230 Å². The van der Waals surface area contributed by atoms with Crippen LogP contribution in [0.1, 0.15) is 11.1 Å². The van der Waals surface area contributed by atoms with E-state index in [1.165, 1.54) is 11.3 Å². The number of nitrogens with one attached hydrogen (secondary N) is 1. The molecule has 1 aliphatic heterocycles. The van der Waals surface area contributed by atoms with Gasteiger partial charge in [-0.2, -0.15) is 0 Å². The van der Waals surface area contributed by atoms with Crippen LogP contribution >= 0.6 is 11.3 Å². The van der Waals surface area contributed by atoms with Crippen LogP contribution in [0.15, 0.2) is 47.6 Å². The van der Waals surface area contributed by atoms with E-state index in [9.17, 15) is 0 Å². The number of ether oxygens (including phenoxy) is 6. The summed E-state index contributed by atoms with van der Waals surface area (Å²) in [4.78, 5) is 4.86. The zero-order chi connectivity index (χ0) is 27.7. The summed E-state index contributed by atoms with van der Waals surface area (Å²) in [5.74, 6) is 3.48. The number of hydrogen-bond donors (Lipinski definition) is 1. The number of aryl methyl sites for hydroxylation is 1. The van der Waals surface area contributed by atoms with Gasteiger partial charge in [0.1, 0.15) is 0 Å². The molecule has 0 spiro atoms. The molecule has 2 heterocycles. The summed E-state index contributed by atoms with van der Waals surface area (Å²) < 4.78 is 34.4. The third-order valence-electron chi connectivity index (χ3n) is 6.13. The second-order valence-corrected chi connectivity index (χ2v) is 9.44. The molecule has 11 nitrogen and oxygen atoms in total. The predicted octanol–water partition coefficient (Wildman–Crippen LogP) is 4.76. The van der Waals surface area contributed by atoms with Gasteiger partial charge in [-0.05, 0) is 36.8 Å². The molecule has 1 aliphatic rings. The number of methoxy groups -OCH3 is 6. The van der Waals surface area contributed by atoms with E-state index >= 15 is 0 Å². The van der Waals surface area contributed by atoms with Gasteiger partial charge in [-0.25, -0.2) is 4.98 Å². The average molecular weight is 552 g/mol. The normalized spacial score (nSPS) is 12.7. The quantitative estimate of drug-likeness (QED) is 0.313. The van der Waals surface area contributed by atoms with Crippen LogP contribution in [0.5, 0.6) is 34.5 Å². The number of aromatic nitrogens is 1. The minimum atomic E-state index is 0.478. The SMILES string of the molecule is COc1cc(C2=NN(c3cc(OC)c(OC)c(OC)c3)N(c3nc4ccc(C)cc4s3)N2)cc(OC)c1OC. The summed E-state index contributed by atoms with van der Waals surface area (Å²) in [5, 5.41) is 9.04. The Bertz CT molecular complexity index is 1510. The van der Waals surface area contributed by atoms with Crippen molar-refractivity contribution in [1.82, 2.24) is 10.4 Å². The minimum Gasteiger partial charge on any atom is -0.493 e. The number of hydrazine groups is 2. The Morgan fingerprint density at radius 1 is 0.718 bits per heavy atom. The first-order valence-corrected chi connectivity index (χ1v) is 12.7. The second-order valence-electron chi connectivity index (χ2n) is 8.43. The highest BCUT2D eigenvalue weighted by Crippen LogP contribution is 2.43. The molecule has 12 heteroatoms. The molecule has 5 rings (SSSR count). The minimum absolute atomic E-state index is 0.478. The monoisotopic (exact) mass is 551 g/mol. The molecule has 0 aliphatic carbocycles. The molecule has 0 saturated heterocycles. The zero-order valence-corrected chi connectivity index (χ0v) is 23.5. The molecule has 0 unspecified atom stereocenters. The molecular formula is C27H29N5O6S. The summed E-state index contributed by atoms with van der Waals surface area (Å²) in [5.41, 5.74) is 6.78. The highest BCUT2D eigenvalue weighted by molar-refractivity contribution is 7.22. The van der Waals surface area contributed by atoms with Crippen LogP contribution < -0.4 is 44.1 Å². The van der Waals surface area contributed by atoms with E-state index in [0.29, 0.717) is 56.7 Å². The number of hydrogen-bond acceptors (Lipinski definition) is 12. The lowest BCUT2D eigenvalue weighted by molar-refractivity contribution is 0.324. The molecule has 1 N–H and O–H groups in total. The first kappa shape index (κ1) is 26.0. The number of anilines is 2. The van der Waals surface area contributed by atoms with Crippen LogP contribution in [0.3, 0.4) is 0 Å². The first-order valence-electron chi connectivity index (χ1n) is 11.9. The number of thiazole rings is 1. The number of rotatable bonds is 9. The third-order valence-corrected chi connectivity index (χ3v) is 7.12. The number of benzene rings is 3. The third kappa shape index (κ3) is 4.63.